The van der Waals surface area contributed by atoms with Crippen LogP contribution in [0.15, 0.2) is 46.2 Å². The van der Waals surface area contributed by atoms with Crippen molar-refractivity contribution in [3.8, 4) is 11.5 Å². The van der Waals surface area contributed by atoms with Crippen LogP contribution in [0.25, 0.3) is 0 Å². The predicted octanol–water partition coefficient (Wildman–Crippen LogP) is 3.83. The van der Waals surface area contributed by atoms with Gasteiger partial charge < -0.3 is 4.74 Å². The van der Waals surface area contributed by atoms with Gasteiger partial charge in [-0.05, 0) is 69.4 Å². The second kappa shape index (κ2) is 4.34. The smallest absolute Gasteiger partial charge is 0.214 e. The van der Waals surface area contributed by atoms with Gasteiger partial charge in [-0.3, -0.25) is 0 Å². The molecule has 18 heavy (non-hydrogen) atoms. The minimum Gasteiger partial charge on any atom is -0.453 e. The standard InChI is InChI=1S/C12H6I2O3S/c13-7-5-8(14)12-11(6-7)18(15,16)10-4-2-1-3-9(10)17-12/h1-6H. The molecule has 1 heterocycles. The molecule has 0 unspecified atom stereocenters. The Labute approximate surface area is 132 Å². The van der Waals surface area contributed by atoms with E-state index in [4.69, 9.17) is 4.74 Å². The highest BCUT2D eigenvalue weighted by Crippen LogP contribution is 2.44. The largest absolute Gasteiger partial charge is 0.453 e. The van der Waals surface area contributed by atoms with Crippen molar-refractivity contribution >= 4 is 55.0 Å². The molecule has 0 N–H and O–H groups in total. The Kier molecular flexibility index (Phi) is 3.06. The molecule has 2 aromatic carbocycles. The van der Waals surface area contributed by atoms with Crippen LogP contribution in [0.3, 0.4) is 0 Å². The molecule has 0 bridgehead atoms. The van der Waals surface area contributed by atoms with Gasteiger partial charge in [0.2, 0.25) is 9.84 Å². The minimum atomic E-state index is -3.48. The normalized spacial score (nSPS) is 15.4. The van der Waals surface area contributed by atoms with Crippen LogP contribution in [0, 0.1) is 7.14 Å². The van der Waals surface area contributed by atoms with E-state index in [-0.39, 0.29) is 9.79 Å². The SMILES string of the molecule is O=S1(=O)c2ccccc2Oc2c(I)cc(I)cc21. The zero-order chi connectivity index (χ0) is 12.9. The summed E-state index contributed by atoms with van der Waals surface area (Å²) in [5, 5.41) is 0. The van der Waals surface area contributed by atoms with Crippen molar-refractivity contribution in [2.75, 3.05) is 0 Å². The van der Waals surface area contributed by atoms with E-state index in [1.54, 1.807) is 30.3 Å². The number of hydrogen-bond donors (Lipinski definition) is 0. The van der Waals surface area contributed by atoms with E-state index in [0.29, 0.717) is 11.5 Å². The summed E-state index contributed by atoms with van der Waals surface area (Å²) in [6.45, 7) is 0. The van der Waals surface area contributed by atoms with Crippen molar-refractivity contribution in [1.29, 1.82) is 0 Å². The molecule has 0 atom stereocenters. The number of halogens is 2. The summed E-state index contributed by atoms with van der Waals surface area (Å²) in [4.78, 5) is 0.479. The van der Waals surface area contributed by atoms with Gasteiger partial charge in [0.15, 0.2) is 5.75 Å². The summed E-state index contributed by atoms with van der Waals surface area (Å²) in [7, 11) is -3.48. The average molecular weight is 484 g/mol. The van der Waals surface area contributed by atoms with Crippen molar-refractivity contribution in [2.24, 2.45) is 0 Å². The first-order valence-corrected chi connectivity index (χ1v) is 8.65. The molecule has 92 valence electrons. The second-order valence-electron chi connectivity index (χ2n) is 3.77. The lowest BCUT2D eigenvalue weighted by Gasteiger charge is -2.21. The van der Waals surface area contributed by atoms with Crippen molar-refractivity contribution in [3.05, 3.63) is 43.5 Å². The van der Waals surface area contributed by atoms with Crippen LogP contribution < -0.4 is 4.74 Å². The van der Waals surface area contributed by atoms with Gasteiger partial charge in [-0.2, -0.15) is 0 Å². The Morgan fingerprint density at radius 1 is 1.00 bits per heavy atom. The number of hydrogen-bond acceptors (Lipinski definition) is 3. The maximum Gasteiger partial charge on any atom is 0.214 e. The van der Waals surface area contributed by atoms with Crippen LogP contribution in [-0.4, -0.2) is 8.42 Å². The molecule has 0 saturated heterocycles. The molecule has 0 spiro atoms. The number of fused-ring (bicyclic) bond motifs is 2. The van der Waals surface area contributed by atoms with E-state index in [2.05, 4.69) is 45.2 Å². The number of ether oxygens (including phenoxy) is 1. The first-order chi connectivity index (χ1) is 8.50. The van der Waals surface area contributed by atoms with Gasteiger partial charge in [-0.1, -0.05) is 12.1 Å². The van der Waals surface area contributed by atoms with Crippen molar-refractivity contribution in [2.45, 2.75) is 9.79 Å². The van der Waals surface area contributed by atoms with Crippen molar-refractivity contribution in [1.82, 2.24) is 0 Å². The maximum absolute atomic E-state index is 12.5. The lowest BCUT2D eigenvalue weighted by atomic mass is 10.3. The van der Waals surface area contributed by atoms with Crippen LogP contribution in [0.4, 0.5) is 0 Å². The predicted molar refractivity (Wildman–Crippen MR) is 83.8 cm³/mol. The molecule has 2 aromatic rings. The third-order valence-electron chi connectivity index (χ3n) is 2.61. The van der Waals surface area contributed by atoms with Crippen LogP contribution in [0.5, 0.6) is 11.5 Å². The Balaban J connectivity index is 2.39. The van der Waals surface area contributed by atoms with Crippen LogP contribution >= 0.6 is 45.2 Å². The molecule has 6 heteroatoms. The van der Waals surface area contributed by atoms with Gasteiger partial charge in [-0.25, -0.2) is 8.42 Å². The molecule has 0 amide bonds. The first kappa shape index (κ1) is 12.7. The number of sulfone groups is 1. The molecule has 0 aromatic heterocycles. The van der Waals surface area contributed by atoms with Gasteiger partial charge in [0.1, 0.15) is 15.5 Å². The summed E-state index contributed by atoms with van der Waals surface area (Å²) in [5.41, 5.74) is 0. The van der Waals surface area contributed by atoms with E-state index in [0.717, 1.165) is 7.14 Å². The van der Waals surface area contributed by atoms with Gasteiger partial charge in [-0.15, -0.1) is 0 Å². The molecule has 3 rings (SSSR count). The van der Waals surface area contributed by atoms with Gasteiger partial charge in [0, 0.05) is 3.57 Å². The fraction of sp³-hybridized carbons (Fsp3) is 0. The van der Waals surface area contributed by atoms with Crippen LogP contribution in [0.2, 0.25) is 0 Å². The highest BCUT2D eigenvalue weighted by atomic mass is 127. The lowest BCUT2D eigenvalue weighted by molar-refractivity contribution is 0.439. The summed E-state index contributed by atoms with van der Waals surface area (Å²) in [6, 6.07) is 10.2. The molecule has 0 saturated carbocycles. The van der Waals surface area contributed by atoms with Gasteiger partial charge >= 0.3 is 0 Å². The monoisotopic (exact) mass is 484 g/mol. The Morgan fingerprint density at radius 3 is 2.50 bits per heavy atom. The molecular weight excluding hydrogens is 478 g/mol. The molecule has 0 radical (unpaired) electrons. The third kappa shape index (κ3) is 1.85. The summed E-state index contributed by atoms with van der Waals surface area (Å²) < 4.78 is 32.4. The van der Waals surface area contributed by atoms with Crippen molar-refractivity contribution in [3.63, 3.8) is 0 Å². The topological polar surface area (TPSA) is 43.4 Å². The molecule has 1 aliphatic rings. The van der Waals surface area contributed by atoms with Crippen LogP contribution in [0.1, 0.15) is 0 Å². The lowest BCUT2D eigenvalue weighted by Crippen LogP contribution is -2.12. The highest BCUT2D eigenvalue weighted by Gasteiger charge is 2.32. The van der Waals surface area contributed by atoms with Gasteiger partial charge in [0.05, 0.1) is 3.57 Å². The summed E-state index contributed by atoms with van der Waals surface area (Å²) in [5.74, 6) is 0.818. The van der Waals surface area contributed by atoms with Crippen molar-refractivity contribution < 1.29 is 13.2 Å². The molecule has 0 aliphatic carbocycles. The molecule has 0 fully saturated rings. The zero-order valence-corrected chi connectivity index (χ0v) is 14.0. The summed E-state index contributed by atoms with van der Waals surface area (Å²) in [6.07, 6.45) is 0. The zero-order valence-electron chi connectivity index (χ0n) is 8.85. The fourth-order valence-corrected chi connectivity index (χ4v) is 5.72. The van der Waals surface area contributed by atoms with E-state index in [1.165, 1.54) is 0 Å². The number of para-hydroxylation sites is 1. The first-order valence-electron chi connectivity index (χ1n) is 5.01. The average Bonchev–Trinajstić information content (AvgIpc) is 2.31. The maximum atomic E-state index is 12.5. The molecule has 1 aliphatic heterocycles. The van der Waals surface area contributed by atoms with E-state index >= 15 is 0 Å². The highest BCUT2D eigenvalue weighted by molar-refractivity contribution is 14.1. The van der Waals surface area contributed by atoms with E-state index in [9.17, 15) is 8.42 Å². The van der Waals surface area contributed by atoms with E-state index < -0.39 is 9.84 Å². The Bertz CT molecular complexity index is 754. The summed E-state index contributed by atoms with van der Waals surface area (Å²) >= 11 is 4.19. The van der Waals surface area contributed by atoms with E-state index in [1.807, 2.05) is 6.07 Å². The second-order valence-corrected chi connectivity index (χ2v) is 8.06. The minimum absolute atomic E-state index is 0.232. The molecular formula is C12H6I2O3S. The number of rotatable bonds is 0. The number of benzene rings is 2. The Hall–Kier alpha value is -0.350. The van der Waals surface area contributed by atoms with Crippen LogP contribution in [-0.2, 0) is 9.84 Å². The fourth-order valence-electron chi connectivity index (χ4n) is 1.82. The quantitative estimate of drug-likeness (QED) is 0.456. The molecule has 3 nitrogen and oxygen atoms in total. The van der Waals surface area contributed by atoms with Gasteiger partial charge in [0.25, 0.3) is 0 Å². The third-order valence-corrected chi connectivity index (χ3v) is 5.84. The Morgan fingerprint density at radius 2 is 1.72 bits per heavy atom.